The first-order valence-corrected chi connectivity index (χ1v) is 13.0. The minimum atomic E-state index is -0.831. The van der Waals surface area contributed by atoms with E-state index in [1.54, 1.807) is 57.7 Å². The molecule has 210 valence electrons. The Morgan fingerprint density at radius 1 is 0.850 bits per heavy atom. The molecule has 1 aliphatic rings. The number of methoxy groups -OCH3 is 4. The molecule has 1 fully saturated rings. The van der Waals surface area contributed by atoms with Crippen LogP contribution in [0.4, 0.5) is 0 Å². The van der Waals surface area contributed by atoms with Crippen molar-refractivity contribution in [1.82, 2.24) is 4.90 Å². The standard InChI is InChI=1S/C32H35NO7/c1-18(2)23-16-24(19(3)14-26(23)39-6)30(34)28-29(21-9-11-22(37-4)12-10-21)33(32(36)31(28)35)17-20-8-13-25(38-5)27(15-20)40-7/h8-16,18,29,34H,17H2,1-7H3/b30-28+. The van der Waals surface area contributed by atoms with Crippen molar-refractivity contribution in [3.05, 3.63) is 88.0 Å². The Balaban J connectivity index is 1.90. The molecule has 40 heavy (non-hydrogen) atoms. The molecule has 3 aromatic carbocycles. The van der Waals surface area contributed by atoms with Crippen LogP contribution in [0.25, 0.3) is 5.76 Å². The van der Waals surface area contributed by atoms with Crippen LogP contribution in [0, 0.1) is 6.92 Å². The lowest BCUT2D eigenvalue weighted by molar-refractivity contribution is -0.140. The molecule has 1 saturated heterocycles. The number of amides is 1. The number of likely N-dealkylation sites (tertiary alicyclic amines) is 1. The fraction of sp³-hybridized carbons (Fsp3) is 0.312. The quantitative estimate of drug-likeness (QED) is 0.207. The normalized spacial score (nSPS) is 16.4. The summed E-state index contributed by atoms with van der Waals surface area (Å²) < 4.78 is 21.7. The smallest absolute Gasteiger partial charge is 0.295 e. The number of benzene rings is 3. The van der Waals surface area contributed by atoms with Crippen LogP contribution in [0.3, 0.4) is 0 Å². The van der Waals surface area contributed by atoms with Crippen molar-refractivity contribution in [3.63, 3.8) is 0 Å². The van der Waals surface area contributed by atoms with E-state index in [2.05, 4.69) is 0 Å². The molecule has 0 radical (unpaired) electrons. The van der Waals surface area contributed by atoms with Crippen LogP contribution in [-0.2, 0) is 16.1 Å². The van der Waals surface area contributed by atoms with E-state index in [0.29, 0.717) is 34.1 Å². The lowest BCUT2D eigenvalue weighted by Crippen LogP contribution is -2.29. The summed E-state index contributed by atoms with van der Waals surface area (Å²) in [7, 11) is 6.25. The van der Waals surface area contributed by atoms with Gasteiger partial charge in [0.1, 0.15) is 17.3 Å². The molecule has 1 heterocycles. The van der Waals surface area contributed by atoms with Gasteiger partial charge in [0.15, 0.2) is 11.5 Å². The van der Waals surface area contributed by atoms with Gasteiger partial charge in [-0.3, -0.25) is 9.59 Å². The first-order chi connectivity index (χ1) is 19.1. The van der Waals surface area contributed by atoms with Gasteiger partial charge in [-0.05, 0) is 71.5 Å². The predicted molar refractivity (Wildman–Crippen MR) is 152 cm³/mol. The van der Waals surface area contributed by atoms with Gasteiger partial charge in [0.25, 0.3) is 11.7 Å². The van der Waals surface area contributed by atoms with Crippen molar-refractivity contribution in [2.24, 2.45) is 0 Å². The molecule has 1 amide bonds. The highest BCUT2D eigenvalue weighted by Gasteiger charge is 2.46. The fourth-order valence-corrected chi connectivity index (χ4v) is 5.08. The summed E-state index contributed by atoms with van der Waals surface area (Å²) in [5.74, 6) is 0.817. The van der Waals surface area contributed by atoms with Crippen LogP contribution >= 0.6 is 0 Å². The summed E-state index contributed by atoms with van der Waals surface area (Å²) in [6.07, 6.45) is 0. The maximum atomic E-state index is 13.6. The third-order valence-corrected chi connectivity index (χ3v) is 7.23. The van der Waals surface area contributed by atoms with Gasteiger partial charge in [-0.1, -0.05) is 32.0 Å². The van der Waals surface area contributed by atoms with Crippen LogP contribution in [0.15, 0.2) is 60.2 Å². The fourth-order valence-electron chi connectivity index (χ4n) is 5.08. The van der Waals surface area contributed by atoms with E-state index in [4.69, 9.17) is 18.9 Å². The number of Topliss-reactive ketones (excluding diaryl/α,β-unsaturated/α-hetero) is 1. The van der Waals surface area contributed by atoms with Gasteiger partial charge in [0, 0.05) is 12.1 Å². The number of carbonyl (C=O) groups excluding carboxylic acids is 2. The number of rotatable bonds is 9. The molecule has 0 saturated carbocycles. The number of carbonyl (C=O) groups is 2. The Kier molecular flexibility index (Phi) is 8.38. The molecule has 4 rings (SSSR count). The highest BCUT2D eigenvalue weighted by atomic mass is 16.5. The van der Waals surface area contributed by atoms with Crippen LogP contribution in [0.2, 0.25) is 0 Å². The summed E-state index contributed by atoms with van der Waals surface area (Å²) in [5, 5.41) is 11.7. The minimum Gasteiger partial charge on any atom is -0.507 e. The van der Waals surface area contributed by atoms with Gasteiger partial charge in [-0.2, -0.15) is 0 Å². The van der Waals surface area contributed by atoms with Crippen molar-refractivity contribution in [2.45, 2.75) is 39.3 Å². The molecular formula is C32H35NO7. The largest absolute Gasteiger partial charge is 0.507 e. The zero-order valence-electron chi connectivity index (χ0n) is 23.9. The van der Waals surface area contributed by atoms with Crippen molar-refractivity contribution >= 4 is 17.4 Å². The number of aliphatic hydroxyl groups is 1. The third-order valence-electron chi connectivity index (χ3n) is 7.23. The van der Waals surface area contributed by atoms with E-state index in [9.17, 15) is 14.7 Å². The third kappa shape index (κ3) is 5.21. The lowest BCUT2D eigenvalue weighted by atomic mass is 9.91. The first kappa shape index (κ1) is 28.5. The number of ketones is 1. The molecular weight excluding hydrogens is 510 g/mol. The van der Waals surface area contributed by atoms with Gasteiger partial charge < -0.3 is 29.0 Å². The van der Waals surface area contributed by atoms with Crippen LogP contribution in [0.1, 0.15) is 53.6 Å². The highest BCUT2D eigenvalue weighted by molar-refractivity contribution is 6.46. The van der Waals surface area contributed by atoms with Crippen LogP contribution < -0.4 is 18.9 Å². The topological polar surface area (TPSA) is 94.5 Å². The summed E-state index contributed by atoms with van der Waals surface area (Å²) >= 11 is 0. The summed E-state index contributed by atoms with van der Waals surface area (Å²) in [6.45, 7) is 5.99. The van der Waals surface area contributed by atoms with Crippen molar-refractivity contribution < 1.29 is 33.6 Å². The Labute approximate surface area is 234 Å². The number of ether oxygens (including phenoxy) is 4. The van der Waals surface area contributed by atoms with Crippen molar-refractivity contribution in [3.8, 4) is 23.0 Å². The average Bonchev–Trinajstić information content (AvgIpc) is 3.21. The molecule has 0 spiro atoms. The highest BCUT2D eigenvalue weighted by Crippen LogP contribution is 2.43. The molecule has 1 atom stereocenters. The molecule has 1 unspecified atom stereocenters. The number of hydrogen-bond donors (Lipinski definition) is 1. The van der Waals surface area contributed by atoms with E-state index in [1.807, 2.05) is 39.0 Å². The molecule has 0 bridgehead atoms. The van der Waals surface area contributed by atoms with Crippen molar-refractivity contribution in [2.75, 3.05) is 28.4 Å². The molecule has 1 N–H and O–H groups in total. The molecule has 0 aliphatic carbocycles. The second-order valence-electron chi connectivity index (χ2n) is 9.95. The summed E-state index contributed by atoms with van der Waals surface area (Å²) in [4.78, 5) is 28.6. The first-order valence-electron chi connectivity index (χ1n) is 13.0. The zero-order valence-corrected chi connectivity index (χ0v) is 23.9. The van der Waals surface area contributed by atoms with E-state index < -0.39 is 17.7 Å². The second kappa shape index (κ2) is 11.7. The predicted octanol–water partition coefficient (Wildman–Crippen LogP) is 5.77. The molecule has 1 aliphatic heterocycles. The van der Waals surface area contributed by atoms with Gasteiger partial charge in [-0.15, -0.1) is 0 Å². The maximum Gasteiger partial charge on any atom is 0.295 e. The van der Waals surface area contributed by atoms with Gasteiger partial charge in [-0.25, -0.2) is 0 Å². The monoisotopic (exact) mass is 545 g/mol. The van der Waals surface area contributed by atoms with Gasteiger partial charge in [0.05, 0.1) is 40.1 Å². The Bertz CT molecular complexity index is 1460. The summed E-state index contributed by atoms with van der Waals surface area (Å²) in [6, 6.07) is 15.3. The van der Waals surface area contributed by atoms with Crippen LogP contribution in [0.5, 0.6) is 23.0 Å². The molecule has 3 aromatic rings. The minimum absolute atomic E-state index is 0.0265. The maximum absolute atomic E-state index is 13.6. The number of hydrogen-bond acceptors (Lipinski definition) is 7. The zero-order chi connectivity index (χ0) is 29.1. The van der Waals surface area contributed by atoms with E-state index >= 15 is 0 Å². The number of aryl methyl sites for hydroxylation is 1. The van der Waals surface area contributed by atoms with E-state index in [-0.39, 0.29) is 23.8 Å². The average molecular weight is 546 g/mol. The number of nitrogens with zero attached hydrogens (tertiary/aromatic N) is 1. The second-order valence-corrected chi connectivity index (χ2v) is 9.95. The van der Waals surface area contributed by atoms with E-state index in [0.717, 1.165) is 16.7 Å². The van der Waals surface area contributed by atoms with Gasteiger partial charge >= 0.3 is 0 Å². The summed E-state index contributed by atoms with van der Waals surface area (Å²) in [5.41, 5.74) is 3.51. The van der Waals surface area contributed by atoms with Crippen LogP contribution in [-0.4, -0.2) is 50.1 Å². The Morgan fingerprint density at radius 3 is 2.08 bits per heavy atom. The molecule has 8 nitrogen and oxygen atoms in total. The molecule has 8 heteroatoms. The Morgan fingerprint density at radius 2 is 1.50 bits per heavy atom. The lowest BCUT2D eigenvalue weighted by Gasteiger charge is -2.26. The Hall–Kier alpha value is -4.46. The van der Waals surface area contributed by atoms with Gasteiger partial charge in [0.2, 0.25) is 0 Å². The molecule has 0 aromatic heterocycles. The SMILES string of the molecule is COc1ccc(C2/C(=C(\O)c3cc(C(C)C)c(OC)cc3C)C(=O)C(=O)N2Cc2ccc(OC)c(OC)c2)cc1. The van der Waals surface area contributed by atoms with E-state index in [1.165, 1.54) is 12.0 Å². The number of aliphatic hydroxyl groups excluding tert-OH is 1. The van der Waals surface area contributed by atoms with Crippen molar-refractivity contribution in [1.29, 1.82) is 0 Å².